The van der Waals surface area contributed by atoms with Crippen molar-refractivity contribution in [2.45, 2.75) is 18.8 Å². The lowest BCUT2D eigenvalue weighted by atomic mass is 9.99. The van der Waals surface area contributed by atoms with E-state index >= 15 is 0 Å². The molecule has 2 aromatic rings. The van der Waals surface area contributed by atoms with Crippen molar-refractivity contribution in [3.8, 4) is 11.1 Å². The van der Waals surface area contributed by atoms with Gasteiger partial charge in [-0.05, 0) is 23.1 Å². The number of aliphatic imine (C=N–C) groups is 1. The van der Waals surface area contributed by atoms with Crippen LogP contribution in [0.4, 0.5) is 0 Å². The molecule has 1 atom stereocenters. The Hall–Kier alpha value is -2.82. The number of ketones is 1. The first kappa shape index (κ1) is 21.5. The number of carbonyl (C=O) groups is 1. The van der Waals surface area contributed by atoms with Crippen molar-refractivity contribution in [2.75, 3.05) is 13.1 Å². The summed E-state index contributed by atoms with van der Waals surface area (Å²) in [5.74, 6) is 10.3. The van der Waals surface area contributed by atoms with Crippen LogP contribution in [0.15, 0.2) is 59.6 Å². The molecule has 0 bridgehead atoms. The lowest BCUT2D eigenvalue weighted by molar-refractivity contribution is -0.120. The van der Waals surface area contributed by atoms with Crippen molar-refractivity contribution in [1.29, 1.82) is 0 Å². The van der Waals surface area contributed by atoms with E-state index in [4.69, 9.17) is 21.9 Å². The molecule has 28 heavy (non-hydrogen) atoms. The van der Waals surface area contributed by atoms with Gasteiger partial charge in [0.1, 0.15) is 6.54 Å². The summed E-state index contributed by atoms with van der Waals surface area (Å²) in [6, 6.07) is 17.2. The molecule has 9 heteroatoms. The van der Waals surface area contributed by atoms with Crippen molar-refractivity contribution in [3.63, 3.8) is 0 Å². The second-order valence-electron chi connectivity index (χ2n) is 6.13. The van der Waals surface area contributed by atoms with Crippen LogP contribution in [0.5, 0.6) is 0 Å². The Labute approximate surface area is 163 Å². The van der Waals surface area contributed by atoms with Crippen LogP contribution < -0.4 is 27.9 Å². The zero-order valence-corrected chi connectivity index (χ0v) is 15.4. The standard InChI is InChI=1S/C19H26N6O3/c20-24-19(25-21)23-11-17(26)16(22-12-18(27)28)10-13-6-8-15(9-7-13)14-4-2-1-3-5-14/h1-9,16,18,22,27-28H,10-12,20-21H2,(H2,23,24,25). The molecule has 2 aromatic carbocycles. The largest absolute Gasteiger partial charge is 0.367 e. The zero-order valence-electron chi connectivity index (χ0n) is 15.4. The summed E-state index contributed by atoms with van der Waals surface area (Å²) in [6.07, 6.45) is -1.19. The van der Waals surface area contributed by atoms with E-state index in [0.29, 0.717) is 6.42 Å². The minimum Gasteiger partial charge on any atom is -0.367 e. The van der Waals surface area contributed by atoms with Crippen molar-refractivity contribution >= 4 is 11.7 Å². The van der Waals surface area contributed by atoms with Gasteiger partial charge in [0.15, 0.2) is 12.1 Å². The number of aliphatic hydroxyl groups is 2. The number of carbonyl (C=O) groups excluding carboxylic acids is 1. The predicted molar refractivity (Wildman–Crippen MR) is 108 cm³/mol. The molecular weight excluding hydrogens is 360 g/mol. The van der Waals surface area contributed by atoms with Crippen LogP contribution >= 0.6 is 0 Å². The van der Waals surface area contributed by atoms with E-state index in [1.54, 1.807) is 0 Å². The number of aliphatic hydroxyl groups excluding tert-OH is 1. The molecule has 0 aliphatic rings. The average molecular weight is 386 g/mol. The minimum absolute atomic E-state index is 0.0708. The summed E-state index contributed by atoms with van der Waals surface area (Å²) in [7, 11) is 0. The number of hydrogen-bond acceptors (Lipinski definition) is 7. The first-order chi connectivity index (χ1) is 13.5. The van der Waals surface area contributed by atoms with Gasteiger partial charge in [-0.15, -0.1) is 0 Å². The predicted octanol–water partition coefficient (Wildman–Crippen LogP) is -0.983. The molecule has 0 radical (unpaired) electrons. The number of hydrogen-bond donors (Lipinski definition) is 7. The molecule has 0 aliphatic heterocycles. The van der Waals surface area contributed by atoms with Gasteiger partial charge in [0, 0.05) is 6.54 Å². The summed E-state index contributed by atoms with van der Waals surface area (Å²) in [5.41, 5.74) is 7.56. The minimum atomic E-state index is -1.56. The molecule has 0 aromatic heterocycles. The van der Waals surface area contributed by atoms with Gasteiger partial charge in [-0.2, -0.15) is 0 Å². The highest BCUT2D eigenvalue weighted by Gasteiger charge is 2.19. The van der Waals surface area contributed by atoms with Crippen LogP contribution in [0.25, 0.3) is 11.1 Å². The topological polar surface area (TPSA) is 158 Å². The van der Waals surface area contributed by atoms with Gasteiger partial charge >= 0.3 is 0 Å². The van der Waals surface area contributed by atoms with E-state index in [9.17, 15) is 4.79 Å². The number of guanidine groups is 1. The molecule has 9 nitrogen and oxygen atoms in total. The third-order valence-electron chi connectivity index (χ3n) is 4.10. The highest BCUT2D eigenvalue weighted by Crippen LogP contribution is 2.19. The highest BCUT2D eigenvalue weighted by atomic mass is 16.5. The molecule has 9 N–H and O–H groups in total. The van der Waals surface area contributed by atoms with Crippen molar-refractivity contribution in [2.24, 2.45) is 16.7 Å². The Balaban J connectivity index is 2.08. The Morgan fingerprint density at radius 3 is 2.14 bits per heavy atom. The fraction of sp³-hybridized carbons (Fsp3) is 0.263. The Kier molecular flexibility index (Phi) is 8.53. The monoisotopic (exact) mass is 386 g/mol. The van der Waals surface area contributed by atoms with Gasteiger partial charge in [0.25, 0.3) is 0 Å². The Morgan fingerprint density at radius 1 is 0.964 bits per heavy atom. The van der Waals surface area contributed by atoms with Crippen LogP contribution in [0, 0.1) is 0 Å². The van der Waals surface area contributed by atoms with E-state index in [-0.39, 0.29) is 24.8 Å². The Bertz CT molecular complexity index is 759. The maximum absolute atomic E-state index is 12.5. The van der Waals surface area contributed by atoms with Crippen LogP contribution in [0.3, 0.4) is 0 Å². The summed E-state index contributed by atoms with van der Waals surface area (Å²) in [4.78, 5) is 16.4. The normalized spacial score (nSPS) is 11.8. The van der Waals surface area contributed by atoms with E-state index < -0.39 is 12.3 Å². The summed E-state index contributed by atoms with van der Waals surface area (Å²) in [6.45, 7) is -0.315. The van der Waals surface area contributed by atoms with E-state index in [1.807, 2.05) is 54.6 Å². The SMILES string of the molecule is NNC(=NCC(=O)C(Cc1ccc(-c2ccccc2)cc1)NCC(O)O)NN. The van der Waals surface area contributed by atoms with Crippen LogP contribution in [0.2, 0.25) is 0 Å². The van der Waals surface area contributed by atoms with Crippen molar-refractivity contribution < 1.29 is 15.0 Å². The molecule has 0 heterocycles. The number of benzene rings is 2. The number of nitrogens with zero attached hydrogens (tertiary/aromatic N) is 1. The average Bonchev–Trinajstić information content (AvgIpc) is 2.72. The van der Waals surface area contributed by atoms with Crippen molar-refractivity contribution in [3.05, 3.63) is 60.2 Å². The maximum atomic E-state index is 12.5. The summed E-state index contributed by atoms with van der Waals surface area (Å²) >= 11 is 0. The molecule has 1 unspecified atom stereocenters. The third-order valence-corrected chi connectivity index (χ3v) is 4.10. The lowest BCUT2D eigenvalue weighted by Crippen LogP contribution is -2.47. The molecule has 0 saturated heterocycles. The van der Waals surface area contributed by atoms with Gasteiger partial charge in [0.2, 0.25) is 5.96 Å². The molecule has 0 aliphatic carbocycles. The van der Waals surface area contributed by atoms with E-state index in [2.05, 4.69) is 21.2 Å². The van der Waals surface area contributed by atoms with E-state index in [0.717, 1.165) is 16.7 Å². The first-order valence-corrected chi connectivity index (χ1v) is 8.77. The molecule has 0 amide bonds. The van der Waals surface area contributed by atoms with Gasteiger partial charge in [0.05, 0.1) is 6.04 Å². The third kappa shape index (κ3) is 6.72. The lowest BCUT2D eigenvalue weighted by Gasteiger charge is -2.18. The molecular formula is C19H26N6O3. The number of hydrazine groups is 2. The van der Waals surface area contributed by atoms with Gasteiger partial charge in [-0.1, -0.05) is 54.6 Å². The smallest absolute Gasteiger partial charge is 0.220 e. The van der Waals surface area contributed by atoms with Gasteiger partial charge in [-0.25, -0.2) is 16.7 Å². The van der Waals surface area contributed by atoms with Crippen LogP contribution in [-0.2, 0) is 11.2 Å². The van der Waals surface area contributed by atoms with Crippen molar-refractivity contribution in [1.82, 2.24) is 16.2 Å². The summed E-state index contributed by atoms with van der Waals surface area (Å²) in [5, 5.41) is 21.1. The first-order valence-electron chi connectivity index (χ1n) is 8.77. The van der Waals surface area contributed by atoms with Crippen LogP contribution in [-0.4, -0.2) is 47.4 Å². The fourth-order valence-corrected chi connectivity index (χ4v) is 2.65. The maximum Gasteiger partial charge on any atom is 0.220 e. The fourth-order valence-electron chi connectivity index (χ4n) is 2.65. The molecule has 0 saturated carbocycles. The second-order valence-corrected chi connectivity index (χ2v) is 6.13. The number of nitrogens with one attached hydrogen (secondary N) is 3. The van der Waals surface area contributed by atoms with E-state index in [1.165, 1.54) is 0 Å². The number of Topliss-reactive ketones (excluding diaryl/α,β-unsaturated/α-hetero) is 1. The molecule has 150 valence electrons. The number of rotatable bonds is 9. The molecule has 2 rings (SSSR count). The Morgan fingerprint density at radius 2 is 1.57 bits per heavy atom. The van der Waals surface area contributed by atoms with Gasteiger partial charge in [-0.3, -0.25) is 15.6 Å². The quantitative estimate of drug-likeness (QED) is 0.0952. The second kappa shape index (κ2) is 11.1. The molecule has 0 spiro atoms. The zero-order chi connectivity index (χ0) is 20.4. The number of nitrogens with two attached hydrogens (primary N) is 2. The molecule has 0 fully saturated rings. The van der Waals surface area contributed by atoms with Gasteiger partial charge < -0.3 is 15.5 Å². The summed E-state index contributed by atoms with van der Waals surface area (Å²) < 4.78 is 0. The van der Waals surface area contributed by atoms with Crippen LogP contribution in [0.1, 0.15) is 5.56 Å². The highest BCUT2D eigenvalue weighted by molar-refractivity contribution is 5.89.